The Morgan fingerprint density at radius 3 is 2.88 bits per heavy atom. The molecule has 2 aromatic carbocycles. The summed E-state index contributed by atoms with van der Waals surface area (Å²) >= 11 is 6.13. The Morgan fingerprint density at radius 2 is 2.08 bits per heavy atom. The predicted octanol–water partition coefficient (Wildman–Crippen LogP) is 4.16. The lowest BCUT2D eigenvalue weighted by atomic mass is 10.1. The SMILES string of the molecule is Cc1c(Cl)cccc1NC(=O)N(CCO)C1CCc2ccccc21. The van der Waals surface area contributed by atoms with Crippen LogP contribution in [0.5, 0.6) is 0 Å². The highest BCUT2D eigenvalue weighted by atomic mass is 35.5. The van der Waals surface area contributed by atoms with Gasteiger partial charge in [-0.3, -0.25) is 0 Å². The highest BCUT2D eigenvalue weighted by Gasteiger charge is 2.30. The van der Waals surface area contributed by atoms with Crippen LogP contribution in [0, 0.1) is 6.92 Å². The second kappa shape index (κ2) is 7.24. The smallest absolute Gasteiger partial charge is 0.322 e. The number of benzene rings is 2. The maximum atomic E-state index is 12.8. The summed E-state index contributed by atoms with van der Waals surface area (Å²) in [6.45, 7) is 2.10. The summed E-state index contributed by atoms with van der Waals surface area (Å²) in [5, 5.41) is 13.0. The Balaban J connectivity index is 1.83. The third-order valence-electron chi connectivity index (χ3n) is 4.59. The molecule has 1 aliphatic rings. The van der Waals surface area contributed by atoms with Crippen LogP contribution in [0.25, 0.3) is 0 Å². The van der Waals surface area contributed by atoms with Crippen LogP contribution in [-0.2, 0) is 6.42 Å². The molecule has 2 aromatic rings. The van der Waals surface area contributed by atoms with Crippen molar-refractivity contribution in [1.29, 1.82) is 0 Å². The maximum absolute atomic E-state index is 12.8. The van der Waals surface area contributed by atoms with E-state index in [0.29, 0.717) is 17.3 Å². The maximum Gasteiger partial charge on any atom is 0.322 e. The molecule has 0 saturated carbocycles. The molecular formula is C19H21ClN2O2. The van der Waals surface area contributed by atoms with Crippen LogP contribution in [0.2, 0.25) is 5.02 Å². The van der Waals surface area contributed by atoms with E-state index >= 15 is 0 Å². The second-order valence-corrected chi connectivity index (χ2v) is 6.42. The summed E-state index contributed by atoms with van der Waals surface area (Å²) in [6.07, 6.45) is 1.83. The second-order valence-electron chi connectivity index (χ2n) is 6.01. The summed E-state index contributed by atoms with van der Waals surface area (Å²) in [5.41, 5.74) is 3.98. The van der Waals surface area contributed by atoms with Crippen molar-refractivity contribution in [2.24, 2.45) is 0 Å². The van der Waals surface area contributed by atoms with E-state index in [0.717, 1.165) is 18.4 Å². The van der Waals surface area contributed by atoms with Crippen molar-refractivity contribution in [2.75, 3.05) is 18.5 Å². The largest absolute Gasteiger partial charge is 0.395 e. The van der Waals surface area contributed by atoms with Crippen molar-refractivity contribution in [2.45, 2.75) is 25.8 Å². The predicted molar refractivity (Wildman–Crippen MR) is 96.5 cm³/mol. The average Bonchev–Trinajstić information content (AvgIpc) is 3.00. The van der Waals surface area contributed by atoms with Gasteiger partial charge in [0.25, 0.3) is 0 Å². The number of hydrogen-bond acceptors (Lipinski definition) is 2. The molecule has 2 N–H and O–H groups in total. The molecular weight excluding hydrogens is 324 g/mol. The van der Waals surface area contributed by atoms with E-state index in [1.54, 1.807) is 11.0 Å². The number of nitrogens with one attached hydrogen (secondary N) is 1. The minimum absolute atomic E-state index is 0.00663. The van der Waals surface area contributed by atoms with Gasteiger partial charge < -0.3 is 15.3 Å². The number of hydrogen-bond donors (Lipinski definition) is 2. The molecule has 24 heavy (non-hydrogen) atoms. The first-order valence-electron chi connectivity index (χ1n) is 8.13. The third-order valence-corrected chi connectivity index (χ3v) is 5.00. The van der Waals surface area contributed by atoms with Gasteiger partial charge in [0.15, 0.2) is 0 Å². The summed E-state index contributed by atoms with van der Waals surface area (Å²) in [7, 11) is 0. The molecule has 0 radical (unpaired) electrons. The monoisotopic (exact) mass is 344 g/mol. The fourth-order valence-corrected chi connectivity index (χ4v) is 3.47. The van der Waals surface area contributed by atoms with Crippen LogP contribution in [-0.4, -0.2) is 29.2 Å². The molecule has 126 valence electrons. The minimum Gasteiger partial charge on any atom is -0.395 e. The number of fused-ring (bicyclic) bond motifs is 1. The van der Waals surface area contributed by atoms with E-state index in [4.69, 9.17) is 11.6 Å². The van der Waals surface area contributed by atoms with Crippen LogP contribution >= 0.6 is 11.6 Å². The molecule has 0 saturated heterocycles. The van der Waals surface area contributed by atoms with Crippen molar-refractivity contribution in [3.63, 3.8) is 0 Å². The zero-order valence-corrected chi connectivity index (χ0v) is 14.4. The number of halogens is 1. The molecule has 0 heterocycles. The van der Waals surface area contributed by atoms with Gasteiger partial charge in [-0.25, -0.2) is 4.79 Å². The summed E-state index contributed by atoms with van der Waals surface area (Å²) in [6, 6.07) is 13.4. The van der Waals surface area contributed by atoms with Gasteiger partial charge in [-0.2, -0.15) is 0 Å². The highest BCUT2D eigenvalue weighted by Crippen LogP contribution is 2.36. The molecule has 0 bridgehead atoms. The molecule has 0 aromatic heterocycles. The molecule has 0 fully saturated rings. The van der Waals surface area contributed by atoms with Crippen molar-refractivity contribution in [3.8, 4) is 0 Å². The molecule has 3 rings (SSSR count). The number of amides is 2. The van der Waals surface area contributed by atoms with Crippen LogP contribution in [0.1, 0.15) is 29.2 Å². The van der Waals surface area contributed by atoms with Crippen molar-refractivity contribution < 1.29 is 9.90 Å². The zero-order valence-electron chi connectivity index (χ0n) is 13.6. The number of urea groups is 1. The number of aliphatic hydroxyl groups is 1. The number of aliphatic hydroxyl groups excluding tert-OH is 1. The molecule has 0 spiro atoms. The van der Waals surface area contributed by atoms with Gasteiger partial charge in [-0.1, -0.05) is 41.9 Å². The first-order chi connectivity index (χ1) is 11.6. The van der Waals surface area contributed by atoms with E-state index in [1.807, 2.05) is 31.2 Å². The summed E-state index contributed by atoms with van der Waals surface area (Å²) < 4.78 is 0. The van der Waals surface area contributed by atoms with Gasteiger partial charge in [0.05, 0.1) is 12.6 Å². The van der Waals surface area contributed by atoms with E-state index in [-0.39, 0.29) is 18.7 Å². The van der Waals surface area contributed by atoms with Gasteiger partial charge in [0.2, 0.25) is 0 Å². The number of aryl methyl sites for hydroxylation is 1. The molecule has 1 aliphatic carbocycles. The van der Waals surface area contributed by atoms with E-state index < -0.39 is 0 Å². The highest BCUT2D eigenvalue weighted by molar-refractivity contribution is 6.31. The van der Waals surface area contributed by atoms with Crippen LogP contribution in [0.15, 0.2) is 42.5 Å². The lowest BCUT2D eigenvalue weighted by molar-refractivity contribution is 0.162. The van der Waals surface area contributed by atoms with Crippen molar-refractivity contribution >= 4 is 23.3 Å². The Labute approximate surface area is 147 Å². The van der Waals surface area contributed by atoms with Gasteiger partial charge in [-0.05, 0) is 48.6 Å². The van der Waals surface area contributed by atoms with E-state index in [9.17, 15) is 9.90 Å². The van der Waals surface area contributed by atoms with Gasteiger partial charge in [0, 0.05) is 17.3 Å². The number of carbonyl (C=O) groups excluding carboxylic acids is 1. The van der Waals surface area contributed by atoms with Gasteiger partial charge in [-0.15, -0.1) is 0 Å². The summed E-state index contributed by atoms with van der Waals surface area (Å²) in [5.74, 6) is 0. The van der Waals surface area contributed by atoms with E-state index in [1.165, 1.54) is 11.1 Å². The first kappa shape index (κ1) is 16.8. The fraction of sp³-hybridized carbons (Fsp3) is 0.316. The lowest BCUT2D eigenvalue weighted by Gasteiger charge is -2.29. The van der Waals surface area contributed by atoms with Crippen LogP contribution in [0.3, 0.4) is 0 Å². The Kier molecular flexibility index (Phi) is 5.07. The van der Waals surface area contributed by atoms with Crippen LogP contribution in [0.4, 0.5) is 10.5 Å². The minimum atomic E-state index is -0.212. The topological polar surface area (TPSA) is 52.6 Å². The Morgan fingerprint density at radius 1 is 1.29 bits per heavy atom. The van der Waals surface area contributed by atoms with Gasteiger partial charge in [0.1, 0.15) is 0 Å². The molecule has 0 aliphatic heterocycles. The molecule has 1 unspecified atom stereocenters. The normalized spacial score (nSPS) is 15.9. The quantitative estimate of drug-likeness (QED) is 0.874. The molecule has 4 nitrogen and oxygen atoms in total. The number of carbonyl (C=O) groups is 1. The third kappa shape index (κ3) is 3.25. The number of anilines is 1. The van der Waals surface area contributed by atoms with Crippen LogP contribution < -0.4 is 5.32 Å². The average molecular weight is 345 g/mol. The summed E-state index contributed by atoms with van der Waals surface area (Å²) in [4.78, 5) is 14.5. The Hall–Kier alpha value is -2.04. The Bertz CT molecular complexity index is 748. The number of nitrogens with zero attached hydrogens (tertiary/aromatic N) is 1. The van der Waals surface area contributed by atoms with Crippen molar-refractivity contribution in [1.82, 2.24) is 4.90 Å². The molecule has 1 atom stereocenters. The fourth-order valence-electron chi connectivity index (χ4n) is 3.29. The first-order valence-corrected chi connectivity index (χ1v) is 8.51. The molecule has 2 amide bonds. The standard InChI is InChI=1S/C19H21ClN2O2/c1-13-16(20)7-4-8-17(13)21-19(24)22(11-12-23)18-10-9-14-5-2-3-6-15(14)18/h2-8,18,23H,9-12H2,1H3,(H,21,24). The lowest BCUT2D eigenvalue weighted by Crippen LogP contribution is -2.39. The number of rotatable bonds is 4. The molecule has 5 heteroatoms. The van der Waals surface area contributed by atoms with Crippen molar-refractivity contribution in [3.05, 3.63) is 64.2 Å². The van der Waals surface area contributed by atoms with Gasteiger partial charge >= 0.3 is 6.03 Å². The van der Waals surface area contributed by atoms with E-state index in [2.05, 4.69) is 17.4 Å². The zero-order chi connectivity index (χ0) is 17.1.